The van der Waals surface area contributed by atoms with E-state index in [1.807, 2.05) is 0 Å². The number of benzene rings is 1. The highest BCUT2D eigenvalue weighted by atomic mass is 32.2. The van der Waals surface area contributed by atoms with Crippen LogP contribution in [0.4, 0.5) is 4.79 Å². The molecule has 1 aliphatic rings. The Morgan fingerprint density at radius 1 is 1.31 bits per heavy atom. The molecule has 0 aliphatic carbocycles. The summed E-state index contributed by atoms with van der Waals surface area (Å²) in [6.45, 7) is -0.504. The number of carboxylic acid groups (broad SMARTS) is 1. The van der Waals surface area contributed by atoms with E-state index in [9.17, 15) is 22.8 Å². The van der Waals surface area contributed by atoms with Gasteiger partial charge < -0.3 is 14.7 Å². The SMILES string of the molecule is CS(=O)(=O)N(C(=O)OCc1ccccc1)[C@@H]1CCCN(CC(=O)O)C1=O. The maximum Gasteiger partial charge on any atom is 0.424 e. The number of nitrogens with zero attached hydrogens (tertiary/aromatic N) is 2. The van der Waals surface area contributed by atoms with Gasteiger partial charge in [0.25, 0.3) is 0 Å². The maximum absolute atomic E-state index is 12.5. The van der Waals surface area contributed by atoms with E-state index in [0.29, 0.717) is 16.3 Å². The molecular weight excluding hydrogens is 364 g/mol. The molecule has 10 heteroatoms. The highest BCUT2D eigenvalue weighted by Crippen LogP contribution is 2.21. The quantitative estimate of drug-likeness (QED) is 0.764. The Hall–Kier alpha value is -2.62. The van der Waals surface area contributed by atoms with Gasteiger partial charge in [-0.3, -0.25) is 9.59 Å². The highest BCUT2D eigenvalue weighted by molar-refractivity contribution is 7.88. The number of aliphatic carboxylic acids is 1. The van der Waals surface area contributed by atoms with Crippen LogP contribution in [0, 0.1) is 0 Å². The minimum Gasteiger partial charge on any atom is -0.480 e. The number of hydrogen-bond acceptors (Lipinski definition) is 6. The first-order chi connectivity index (χ1) is 12.2. The third-order valence-corrected chi connectivity index (χ3v) is 4.97. The van der Waals surface area contributed by atoms with E-state index in [0.717, 1.165) is 11.2 Å². The van der Waals surface area contributed by atoms with Gasteiger partial charge in [0.15, 0.2) is 0 Å². The van der Waals surface area contributed by atoms with Crippen LogP contribution in [0.15, 0.2) is 30.3 Å². The van der Waals surface area contributed by atoms with Gasteiger partial charge in [-0.05, 0) is 18.4 Å². The molecule has 142 valence electrons. The average molecular weight is 384 g/mol. The van der Waals surface area contributed by atoms with Gasteiger partial charge in [0.05, 0.1) is 6.26 Å². The third-order valence-electron chi connectivity index (χ3n) is 3.85. The minimum atomic E-state index is -4.09. The molecular formula is C16H20N2O7S. The van der Waals surface area contributed by atoms with Gasteiger partial charge in [-0.25, -0.2) is 13.2 Å². The summed E-state index contributed by atoms with van der Waals surface area (Å²) in [6, 6.07) is 7.38. The van der Waals surface area contributed by atoms with Gasteiger partial charge in [0.2, 0.25) is 15.9 Å². The second kappa shape index (κ2) is 8.17. The highest BCUT2D eigenvalue weighted by Gasteiger charge is 2.41. The van der Waals surface area contributed by atoms with Crippen molar-refractivity contribution in [1.82, 2.24) is 9.21 Å². The van der Waals surface area contributed by atoms with Crippen molar-refractivity contribution in [3.63, 3.8) is 0 Å². The number of piperidine rings is 1. The molecule has 1 aromatic rings. The fourth-order valence-corrected chi connectivity index (χ4v) is 3.72. The number of carboxylic acids is 1. The van der Waals surface area contributed by atoms with Crippen LogP contribution >= 0.6 is 0 Å². The molecule has 1 aromatic carbocycles. The van der Waals surface area contributed by atoms with Crippen LogP contribution in [0.2, 0.25) is 0 Å². The second-order valence-electron chi connectivity index (χ2n) is 5.91. The fraction of sp³-hybridized carbons (Fsp3) is 0.438. The number of hydrogen-bond donors (Lipinski definition) is 1. The lowest BCUT2D eigenvalue weighted by molar-refractivity contribution is -0.147. The maximum atomic E-state index is 12.5. The van der Waals surface area contributed by atoms with Crippen LogP contribution in [-0.4, -0.2) is 66.1 Å². The molecule has 1 atom stereocenters. The van der Waals surface area contributed by atoms with Crippen molar-refractivity contribution in [2.45, 2.75) is 25.5 Å². The fourth-order valence-electron chi connectivity index (χ4n) is 2.73. The molecule has 1 heterocycles. The monoisotopic (exact) mass is 384 g/mol. The van der Waals surface area contributed by atoms with Crippen molar-refractivity contribution in [3.8, 4) is 0 Å². The van der Waals surface area contributed by atoms with E-state index in [2.05, 4.69) is 0 Å². The number of likely N-dealkylation sites (tertiary alicyclic amines) is 1. The van der Waals surface area contributed by atoms with E-state index in [4.69, 9.17) is 9.84 Å². The van der Waals surface area contributed by atoms with Crippen LogP contribution in [-0.2, 0) is 31.0 Å². The normalized spacial score (nSPS) is 17.7. The Kier molecular flexibility index (Phi) is 6.19. The molecule has 1 aliphatic heterocycles. The molecule has 1 N–H and O–H groups in total. The molecule has 0 radical (unpaired) electrons. The second-order valence-corrected chi connectivity index (χ2v) is 7.77. The smallest absolute Gasteiger partial charge is 0.424 e. The van der Waals surface area contributed by atoms with Crippen LogP contribution < -0.4 is 0 Å². The van der Waals surface area contributed by atoms with E-state index < -0.39 is 40.6 Å². The van der Waals surface area contributed by atoms with E-state index in [-0.39, 0.29) is 19.6 Å². The summed E-state index contributed by atoms with van der Waals surface area (Å²) in [5, 5.41) is 8.87. The van der Waals surface area contributed by atoms with Crippen LogP contribution in [0.5, 0.6) is 0 Å². The third kappa shape index (κ3) is 4.94. The van der Waals surface area contributed by atoms with Gasteiger partial charge in [-0.1, -0.05) is 30.3 Å². The summed E-state index contributed by atoms with van der Waals surface area (Å²) in [7, 11) is -4.09. The zero-order valence-corrected chi connectivity index (χ0v) is 15.0. The standard InChI is InChI=1S/C16H20N2O7S/c1-26(23,24)18(16(22)25-11-12-6-3-2-4-7-12)13-8-5-9-17(15(13)21)10-14(19)20/h2-4,6-7,13H,5,8-11H2,1H3,(H,19,20)/t13-/m1/s1. The molecule has 0 aromatic heterocycles. The van der Waals surface area contributed by atoms with Gasteiger partial charge in [-0.15, -0.1) is 0 Å². The summed E-state index contributed by atoms with van der Waals surface area (Å²) in [4.78, 5) is 36.7. The number of rotatable bonds is 6. The molecule has 0 unspecified atom stereocenters. The van der Waals surface area contributed by atoms with E-state index in [1.54, 1.807) is 30.3 Å². The molecule has 2 rings (SSSR count). The summed E-state index contributed by atoms with van der Waals surface area (Å²) in [5.41, 5.74) is 0.664. The van der Waals surface area contributed by atoms with Crippen molar-refractivity contribution in [2.24, 2.45) is 0 Å². The van der Waals surface area contributed by atoms with Gasteiger partial charge >= 0.3 is 12.1 Å². The number of ether oxygens (including phenoxy) is 1. The van der Waals surface area contributed by atoms with Gasteiger partial charge in [0.1, 0.15) is 19.2 Å². The Morgan fingerprint density at radius 2 is 1.96 bits per heavy atom. The number of sulfonamides is 1. The van der Waals surface area contributed by atoms with Crippen LogP contribution in [0.1, 0.15) is 18.4 Å². The summed E-state index contributed by atoms with van der Waals surface area (Å²) >= 11 is 0. The largest absolute Gasteiger partial charge is 0.480 e. The first-order valence-electron chi connectivity index (χ1n) is 7.91. The molecule has 0 spiro atoms. The Bertz CT molecular complexity index is 779. The van der Waals surface area contributed by atoms with Crippen molar-refractivity contribution in [1.29, 1.82) is 0 Å². The first-order valence-corrected chi connectivity index (χ1v) is 9.75. The van der Waals surface area contributed by atoms with Crippen LogP contribution in [0.25, 0.3) is 0 Å². The average Bonchev–Trinajstić information content (AvgIpc) is 2.56. The zero-order chi connectivity index (χ0) is 19.3. The van der Waals surface area contributed by atoms with E-state index in [1.165, 1.54) is 0 Å². The lowest BCUT2D eigenvalue weighted by Crippen LogP contribution is -2.56. The molecule has 2 amide bonds. The molecule has 1 saturated heterocycles. The lowest BCUT2D eigenvalue weighted by atomic mass is 10.1. The zero-order valence-electron chi connectivity index (χ0n) is 14.2. The predicted octanol–water partition coefficient (Wildman–Crippen LogP) is 0.660. The van der Waals surface area contributed by atoms with Crippen LogP contribution in [0.3, 0.4) is 0 Å². The summed E-state index contributed by atoms with van der Waals surface area (Å²) in [6.07, 6.45) is 0.136. The van der Waals surface area contributed by atoms with Crippen molar-refractivity contribution < 1.29 is 32.6 Å². The van der Waals surface area contributed by atoms with Crippen molar-refractivity contribution in [3.05, 3.63) is 35.9 Å². The first kappa shape index (κ1) is 19.7. The number of carbonyl (C=O) groups is 3. The Balaban J connectivity index is 2.17. The topological polar surface area (TPSA) is 121 Å². The molecule has 26 heavy (non-hydrogen) atoms. The molecule has 0 saturated carbocycles. The Morgan fingerprint density at radius 3 is 2.54 bits per heavy atom. The summed E-state index contributed by atoms with van der Waals surface area (Å²) in [5.74, 6) is -1.93. The lowest BCUT2D eigenvalue weighted by Gasteiger charge is -2.35. The number of carbonyl (C=O) groups excluding carboxylic acids is 2. The minimum absolute atomic E-state index is 0.114. The number of amides is 2. The predicted molar refractivity (Wildman–Crippen MR) is 90.5 cm³/mol. The summed E-state index contributed by atoms with van der Waals surface area (Å²) < 4.78 is 29.7. The molecule has 1 fully saturated rings. The molecule has 0 bridgehead atoms. The van der Waals surface area contributed by atoms with Gasteiger partial charge in [-0.2, -0.15) is 4.31 Å². The van der Waals surface area contributed by atoms with Gasteiger partial charge in [0, 0.05) is 6.54 Å². The Labute approximate surface area is 151 Å². The van der Waals surface area contributed by atoms with Crippen molar-refractivity contribution in [2.75, 3.05) is 19.3 Å². The molecule has 9 nitrogen and oxygen atoms in total. The van der Waals surface area contributed by atoms with E-state index >= 15 is 0 Å². The van der Waals surface area contributed by atoms with Crippen molar-refractivity contribution >= 4 is 28.0 Å².